The number of nitrogens with one attached hydrogen (secondary N) is 1. The molecule has 1 rings (SSSR count). The van der Waals surface area contributed by atoms with E-state index in [-0.39, 0.29) is 10.9 Å². The minimum absolute atomic E-state index is 0.0495. The summed E-state index contributed by atoms with van der Waals surface area (Å²) < 4.78 is 26.7. The molecule has 0 heterocycles. The van der Waals surface area contributed by atoms with Gasteiger partial charge in [-0.05, 0) is 31.0 Å². The van der Waals surface area contributed by atoms with E-state index in [1.54, 1.807) is 18.2 Å². The Hall–Kier alpha value is -0.910. The summed E-state index contributed by atoms with van der Waals surface area (Å²) >= 11 is 0. The Balaban J connectivity index is 2.89. The van der Waals surface area contributed by atoms with Gasteiger partial charge in [-0.15, -0.1) is 0 Å². The summed E-state index contributed by atoms with van der Waals surface area (Å²) in [6.45, 7) is 4.24. The normalized spacial score (nSPS) is 13.6. The lowest BCUT2D eigenvalue weighted by molar-refractivity contribution is 0.544. The van der Waals surface area contributed by atoms with Crippen LogP contribution in [0.25, 0.3) is 0 Å². The van der Waals surface area contributed by atoms with E-state index >= 15 is 0 Å². The fourth-order valence-electron chi connectivity index (χ4n) is 1.66. The van der Waals surface area contributed by atoms with Gasteiger partial charge in [0.15, 0.2) is 0 Å². The Morgan fingerprint density at radius 2 is 2.12 bits per heavy atom. The van der Waals surface area contributed by atoms with Crippen molar-refractivity contribution in [2.24, 2.45) is 5.73 Å². The molecule has 1 unspecified atom stereocenters. The Morgan fingerprint density at radius 1 is 1.41 bits per heavy atom. The van der Waals surface area contributed by atoms with Gasteiger partial charge < -0.3 is 5.73 Å². The molecule has 5 heteroatoms. The van der Waals surface area contributed by atoms with Crippen molar-refractivity contribution in [3.8, 4) is 0 Å². The highest BCUT2D eigenvalue weighted by Crippen LogP contribution is 2.12. The number of benzene rings is 1. The minimum Gasteiger partial charge on any atom is -0.326 e. The quantitative estimate of drug-likeness (QED) is 0.812. The van der Waals surface area contributed by atoms with Crippen molar-refractivity contribution in [2.75, 3.05) is 0 Å². The van der Waals surface area contributed by atoms with Crippen LogP contribution in [0.2, 0.25) is 0 Å². The summed E-state index contributed by atoms with van der Waals surface area (Å²) in [5.74, 6) is 0. The first kappa shape index (κ1) is 14.2. The predicted octanol–water partition coefficient (Wildman–Crippen LogP) is 1.61. The molecule has 0 spiro atoms. The van der Waals surface area contributed by atoms with Crippen molar-refractivity contribution in [1.82, 2.24) is 4.72 Å². The standard InChI is InChI=1S/C12H20N2O2S/c1-3-5-10(2)14-17(15,16)12-7-4-6-11(8-12)9-13/h4,6-8,10,14H,3,5,9,13H2,1-2H3. The summed E-state index contributed by atoms with van der Waals surface area (Å²) in [6, 6.07) is 6.67. The van der Waals surface area contributed by atoms with Gasteiger partial charge in [0.25, 0.3) is 0 Å². The average molecular weight is 256 g/mol. The van der Waals surface area contributed by atoms with E-state index in [4.69, 9.17) is 5.73 Å². The van der Waals surface area contributed by atoms with Crippen LogP contribution < -0.4 is 10.5 Å². The Labute approximate surface area is 103 Å². The first-order chi connectivity index (χ1) is 7.99. The van der Waals surface area contributed by atoms with Crippen LogP contribution in [-0.4, -0.2) is 14.5 Å². The van der Waals surface area contributed by atoms with Gasteiger partial charge in [-0.3, -0.25) is 0 Å². The Kier molecular flexibility index (Phi) is 5.11. The van der Waals surface area contributed by atoms with E-state index in [9.17, 15) is 8.42 Å². The summed E-state index contributed by atoms with van der Waals surface area (Å²) in [7, 11) is -3.42. The zero-order valence-corrected chi connectivity index (χ0v) is 11.1. The number of sulfonamides is 1. The topological polar surface area (TPSA) is 72.2 Å². The van der Waals surface area contributed by atoms with Crippen molar-refractivity contribution in [3.05, 3.63) is 29.8 Å². The molecular formula is C12H20N2O2S. The SMILES string of the molecule is CCCC(C)NS(=O)(=O)c1cccc(CN)c1. The predicted molar refractivity (Wildman–Crippen MR) is 69.0 cm³/mol. The first-order valence-electron chi connectivity index (χ1n) is 5.81. The molecule has 1 aromatic carbocycles. The van der Waals surface area contributed by atoms with Gasteiger partial charge in [-0.25, -0.2) is 13.1 Å². The van der Waals surface area contributed by atoms with Crippen molar-refractivity contribution < 1.29 is 8.42 Å². The molecule has 0 saturated heterocycles. The van der Waals surface area contributed by atoms with Gasteiger partial charge in [-0.1, -0.05) is 25.5 Å². The smallest absolute Gasteiger partial charge is 0.240 e. The third-order valence-corrected chi connectivity index (χ3v) is 4.11. The molecule has 3 N–H and O–H groups in total. The van der Waals surface area contributed by atoms with Gasteiger partial charge in [0, 0.05) is 12.6 Å². The van der Waals surface area contributed by atoms with Gasteiger partial charge in [0.2, 0.25) is 10.0 Å². The Bertz CT molecular complexity index is 457. The lowest BCUT2D eigenvalue weighted by Crippen LogP contribution is -2.32. The molecule has 0 aromatic heterocycles. The van der Waals surface area contributed by atoms with Crippen molar-refractivity contribution >= 4 is 10.0 Å². The van der Waals surface area contributed by atoms with Crippen LogP contribution >= 0.6 is 0 Å². The summed E-state index contributed by atoms with van der Waals surface area (Å²) in [6.07, 6.45) is 1.78. The lowest BCUT2D eigenvalue weighted by atomic mass is 10.2. The molecule has 4 nitrogen and oxygen atoms in total. The van der Waals surface area contributed by atoms with Gasteiger partial charge >= 0.3 is 0 Å². The van der Waals surface area contributed by atoms with Crippen LogP contribution in [0.5, 0.6) is 0 Å². The van der Waals surface area contributed by atoms with Gasteiger partial charge in [0.05, 0.1) is 4.90 Å². The van der Waals surface area contributed by atoms with Crippen LogP contribution in [0.15, 0.2) is 29.2 Å². The van der Waals surface area contributed by atoms with Crippen LogP contribution in [0.4, 0.5) is 0 Å². The second-order valence-electron chi connectivity index (χ2n) is 4.16. The fraction of sp³-hybridized carbons (Fsp3) is 0.500. The second-order valence-corrected chi connectivity index (χ2v) is 5.88. The zero-order chi connectivity index (χ0) is 12.9. The molecule has 96 valence electrons. The third kappa shape index (κ3) is 4.11. The van der Waals surface area contributed by atoms with E-state index in [1.165, 1.54) is 0 Å². The van der Waals surface area contributed by atoms with E-state index in [0.29, 0.717) is 6.54 Å². The molecule has 0 aliphatic carbocycles. The number of hydrogen-bond acceptors (Lipinski definition) is 3. The molecule has 0 amide bonds. The maximum atomic E-state index is 12.0. The zero-order valence-electron chi connectivity index (χ0n) is 10.3. The molecule has 0 aliphatic heterocycles. The van der Waals surface area contributed by atoms with E-state index < -0.39 is 10.0 Å². The van der Waals surface area contributed by atoms with Gasteiger partial charge in [-0.2, -0.15) is 0 Å². The highest BCUT2D eigenvalue weighted by atomic mass is 32.2. The number of hydrogen-bond donors (Lipinski definition) is 2. The third-order valence-electron chi connectivity index (χ3n) is 2.52. The van der Waals surface area contributed by atoms with E-state index in [2.05, 4.69) is 4.72 Å². The van der Waals surface area contributed by atoms with Crippen LogP contribution in [-0.2, 0) is 16.6 Å². The molecule has 0 fully saturated rings. The maximum Gasteiger partial charge on any atom is 0.240 e. The largest absolute Gasteiger partial charge is 0.326 e. The highest BCUT2D eigenvalue weighted by molar-refractivity contribution is 7.89. The average Bonchev–Trinajstić information content (AvgIpc) is 2.28. The molecule has 1 atom stereocenters. The van der Waals surface area contributed by atoms with Crippen molar-refractivity contribution in [3.63, 3.8) is 0 Å². The van der Waals surface area contributed by atoms with Crippen LogP contribution in [0, 0.1) is 0 Å². The molecule has 0 bridgehead atoms. The molecule has 0 aliphatic rings. The number of nitrogens with two attached hydrogens (primary N) is 1. The highest BCUT2D eigenvalue weighted by Gasteiger charge is 2.16. The lowest BCUT2D eigenvalue weighted by Gasteiger charge is -2.13. The molecule has 0 saturated carbocycles. The number of rotatable bonds is 6. The van der Waals surface area contributed by atoms with E-state index in [1.807, 2.05) is 19.9 Å². The molecule has 0 radical (unpaired) electrons. The first-order valence-corrected chi connectivity index (χ1v) is 7.29. The van der Waals surface area contributed by atoms with E-state index in [0.717, 1.165) is 18.4 Å². The molecule has 1 aromatic rings. The van der Waals surface area contributed by atoms with Crippen LogP contribution in [0.1, 0.15) is 32.3 Å². The monoisotopic (exact) mass is 256 g/mol. The second kappa shape index (κ2) is 6.14. The molecule has 17 heavy (non-hydrogen) atoms. The van der Waals surface area contributed by atoms with Crippen molar-refractivity contribution in [1.29, 1.82) is 0 Å². The molecular weight excluding hydrogens is 236 g/mol. The Morgan fingerprint density at radius 3 is 2.71 bits per heavy atom. The fourth-order valence-corrected chi connectivity index (χ4v) is 3.01. The minimum atomic E-state index is -3.42. The summed E-state index contributed by atoms with van der Waals surface area (Å²) in [4.78, 5) is 0.281. The van der Waals surface area contributed by atoms with Crippen molar-refractivity contribution in [2.45, 2.75) is 44.2 Å². The maximum absolute atomic E-state index is 12.0. The van der Waals surface area contributed by atoms with Gasteiger partial charge in [0.1, 0.15) is 0 Å². The summed E-state index contributed by atoms with van der Waals surface area (Å²) in [5, 5.41) is 0. The van der Waals surface area contributed by atoms with Crippen LogP contribution in [0.3, 0.4) is 0 Å². The summed E-state index contributed by atoms with van der Waals surface area (Å²) in [5.41, 5.74) is 6.31.